The van der Waals surface area contributed by atoms with Crippen molar-refractivity contribution in [1.29, 1.82) is 0 Å². The number of hydrogen-bond donors (Lipinski definition) is 2. The molecule has 2 aromatic heterocycles. The van der Waals surface area contributed by atoms with E-state index in [4.69, 9.17) is 4.74 Å². The normalized spacial score (nSPS) is 13.0. The molecule has 0 fully saturated rings. The number of aromatic nitrogens is 2. The third-order valence-corrected chi connectivity index (χ3v) is 4.40. The zero-order valence-electron chi connectivity index (χ0n) is 12.4. The Morgan fingerprint density at radius 3 is 2.26 bits per heavy atom. The molecule has 0 saturated carbocycles. The average molecular weight is 314 g/mol. The molecule has 4 rings (SSSR count). The van der Waals surface area contributed by atoms with E-state index in [1.807, 2.05) is 0 Å². The lowest BCUT2D eigenvalue weighted by atomic mass is 10.0. The molecule has 1 aliphatic rings. The molecule has 0 aliphatic carbocycles. The summed E-state index contributed by atoms with van der Waals surface area (Å²) in [5, 5.41) is 20.5. The van der Waals surface area contributed by atoms with E-state index in [9.17, 15) is 19.8 Å². The summed E-state index contributed by atoms with van der Waals surface area (Å²) in [4.78, 5) is 24.3. The van der Waals surface area contributed by atoms with Crippen LogP contribution in [0.4, 0.5) is 0 Å². The van der Waals surface area contributed by atoms with Gasteiger partial charge in [-0.25, -0.2) is 0 Å². The number of rotatable bonds is 2. The van der Waals surface area contributed by atoms with Gasteiger partial charge in [0.25, 0.3) is 11.1 Å². The number of hydrogen-bond acceptors (Lipinski definition) is 5. The standard InChI is InChI=1S/C16H14N2O5/c1-17-12(21)2-8(5-19)10-4-11-9(6-20)3-13(22)18-7-23-16(14(10)17)15(11)18/h2-4,19-20H,5-7H2,1H3. The van der Waals surface area contributed by atoms with E-state index in [1.54, 1.807) is 13.1 Å². The zero-order chi connectivity index (χ0) is 16.3. The first-order chi connectivity index (χ1) is 11.1. The Balaban J connectivity index is 2.35. The second-order valence-corrected chi connectivity index (χ2v) is 5.59. The van der Waals surface area contributed by atoms with Crippen molar-refractivity contribution in [2.24, 2.45) is 7.05 Å². The molecule has 3 aromatic rings. The molecule has 7 nitrogen and oxygen atoms in total. The highest BCUT2D eigenvalue weighted by molar-refractivity contribution is 6.05. The molecule has 0 radical (unpaired) electrons. The van der Waals surface area contributed by atoms with E-state index < -0.39 is 0 Å². The van der Waals surface area contributed by atoms with Crippen LogP contribution < -0.4 is 15.9 Å². The first-order valence-electron chi connectivity index (χ1n) is 7.13. The summed E-state index contributed by atoms with van der Waals surface area (Å²) in [7, 11) is 1.62. The topological polar surface area (TPSA) is 93.7 Å². The maximum atomic E-state index is 12.2. The molecule has 118 valence electrons. The Kier molecular flexibility index (Phi) is 2.84. The van der Waals surface area contributed by atoms with Crippen molar-refractivity contribution < 1.29 is 14.9 Å². The van der Waals surface area contributed by atoms with Crippen LogP contribution in [0.1, 0.15) is 11.1 Å². The highest BCUT2D eigenvalue weighted by Gasteiger charge is 2.24. The van der Waals surface area contributed by atoms with E-state index in [0.29, 0.717) is 38.7 Å². The summed E-state index contributed by atoms with van der Waals surface area (Å²) in [6.07, 6.45) is 0. The molecular weight excluding hydrogens is 300 g/mol. The molecule has 3 heterocycles. The van der Waals surface area contributed by atoms with Gasteiger partial charge >= 0.3 is 0 Å². The second-order valence-electron chi connectivity index (χ2n) is 5.59. The van der Waals surface area contributed by atoms with Crippen LogP contribution in [0.3, 0.4) is 0 Å². The number of ether oxygens (including phenoxy) is 1. The smallest absolute Gasteiger partial charge is 0.254 e. The molecular formula is C16H14N2O5. The number of nitrogens with zero attached hydrogens (tertiary/aromatic N) is 2. The minimum absolute atomic E-state index is 0.0625. The molecule has 0 bridgehead atoms. The lowest BCUT2D eigenvalue weighted by Crippen LogP contribution is -2.19. The molecule has 2 N–H and O–H groups in total. The molecule has 0 unspecified atom stereocenters. The summed E-state index contributed by atoms with van der Waals surface area (Å²) >= 11 is 0. The van der Waals surface area contributed by atoms with Gasteiger partial charge in [-0.3, -0.25) is 14.2 Å². The van der Waals surface area contributed by atoms with Gasteiger partial charge in [0.05, 0.1) is 24.2 Å². The summed E-state index contributed by atoms with van der Waals surface area (Å²) in [6, 6.07) is 4.55. The Morgan fingerprint density at radius 2 is 1.61 bits per heavy atom. The van der Waals surface area contributed by atoms with E-state index in [0.717, 1.165) is 0 Å². The third-order valence-electron chi connectivity index (χ3n) is 4.40. The van der Waals surface area contributed by atoms with E-state index in [2.05, 4.69) is 0 Å². The first-order valence-corrected chi connectivity index (χ1v) is 7.13. The van der Waals surface area contributed by atoms with Crippen LogP contribution in [0.2, 0.25) is 0 Å². The Morgan fingerprint density at radius 1 is 1.00 bits per heavy atom. The minimum Gasteiger partial charge on any atom is -0.468 e. The van der Waals surface area contributed by atoms with Crippen LogP contribution in [0.25, 0.3) is 21.8 Å². The van der Waals surface area contributed by atoms with Crippen molar-refractivity contribution in [3.05, 3.63) is 50.0 Å². The summed E-state index contributed by atoms with van der Waals surface area (Å²) < 4.78 is 8.59. The molecule has 7 heteroatoms. The Labute approximate surface area is 129 Å². The van der Waals surface area contributed by atoms with Gasteiger partial charge in [0.1, 0.15) is 0 Å². The number of aliphatic hydroxyl groups is 2. The van der Waals surface area contributed by atoms with Gasteiger partial charge in [-0.05, 0) is 17.2 Å². The van der Waals surface area contributed by atoms with Crippen molar-refractivity contribution >= 4 is 21.8 Å². The maximum absolute atomic E-state index is 12.2. The lowest BCUT2D eigenvalue weighted by molar-refractivity contribution is 0.267. The molecule has 1 aromatic carbocycles. The highest BCUT2D eigenvalue weighted by atomic mass is 16.5. The van der Waals surface area contributed by atoms with Crippen LogP contribution in [-0.2, 0) is 27.0 Å². The fourth-order valence-corrected chi connectivity index (χ4v) is 3.23. The summed E-state index contributed by atoms with van der Waals surface area (Å²) in [6.45, 7) is -0.504. The van der Waals surface area contributed by atoms with E-state index in [1.165, 1.54) is 21.3 Å². The average Bonchev–Trinajstić information content (AvgIpc) is 2.99. The number of aryl methyl sites for hydroxylation is 1. The van der Waals surface area contributed by atoms with Gasteiger partial charge in [-0.2, -0.15) is 0 Å². The number of benzene rings is 1. The van der Waals surface area contributed by atoms with Crippen molar-refractivity contribution in [1.82, 2.24) is 9.13 Å². The zero-order valence-corrected chi connectivity index (χ0v) is 12.4. The molecule has 0 amide bonds. The van der Waals surface area contributed by atoms with Crippen molar-refractivity contribution in [3.63, 3.8) is 0 Å². The lowest BCUT2D eigenvalue weighted by Gasteiger charge is -2.13. The van der Waals surface area contributed by atoms with Gasteiger partial charge in [0.15, 0.2) is 12.5 Å². The van der Waals surface area contributed by atoms with Gasteiger partial charge in [0, 0.05) is 30.0 Å². The summed E-state index contributed by atoms with van der Waals surface area (Å²) in [5.41, 5.74) is 1.56. The van der Waals surface area contributed by atoms with Gasteiger partial charge in [0.2, 0.25) is 0 Å². The molecule has 0 spiro atoms. The van der Waals surface area contributed by atoms with Crippen LogP contribution in [0, 0.1) is 0 Å². The fraction of sp³-hybridized carbons (Fsp3) is 0.250. The van der Waals surface area contributed by atoms with Gasteiger partial charge in [-0.1, -0.05) is 0 Å². The van der Waals surface area contributed by atoms with Crippen LogP contribution in [-0.4, -0.2) is 19.3 Å². The Bertz CT molecular complexity index is 1090. The SMILES string of the molecule is Cn1c(=O)cc(CO)c2cc3c(CO)cc(=O)n4c3c(c21)OC4. The summed E-state index contributed by atoms with van der Waals surface area (Å²) in [5.74, 6) is 0.430. The third kappa shape index (κ3) is 1.71. The van der Waals surface area contributed by atoms with Crippen LogP contribution in [0.5, 0.6) is 5.75 Å². The fourth-order valence-electron chi connectivity index (χ4n) is 3.23. The monoisotopic (exact) mass is 314 g/mol. The van der Waals surface area contributed by atoms with Crippen molar-refractivity contribution in [2.75, 3.05) is 0 Å². The molecule has 0 atom stereocenters. The maximum Gasteiger partial charge on any atom is 0.254 e. The minimum atomic E-state index is -0.286. The van der Waals surface area contributed by atoms with E-state index in [-0.39, 0.29) is 31.1 Å². The molecule has 23 heavy (non-hydrogen) atoms. The van der Waals surface area contributed by atoms with Crippen molar-refractivity contribution in [3.8, 4) is 5.75 Å². The molecule has 0 saturated heterocycles. The van der Waals surface area contributed by atoms with Gasteiger partial charge < -0.3 is 19.5 Å². The predicted molar refractivity (Wildman–Crippen MR) is 83.4 cm³/mol. The number of aliphatic hydroxyl groups excluding tert-OH is 2. The molecule has 1 aliphatic heterocycles. The van der Waals surface area contributed by atoms with Crippen LogP contribution in [0.15, 0.2) is 27.8 Å². The first kappa shape index (κ1) is 14.0. The predicted octanol–water partition coefficient (Wildman–Crippen LogP) is 0.188. The highest BCUT2D eigenvalue weighted by Crippen LogP contribution is 2.39. The van der Waals surface area contributed by atoms with Crippen molar-refractivity contribution in [2.45, 2.75) is 19.9 Å². The largest absolute Gasteiger partial charge is 0.468 e. The van der Waals surface area contributed by atoms with E-state index >= 15 is 0 Å². The quantitative estimate of drug-likeness (QED) is 0.659. The number of pyridine rings is 2. The Hall–Kier alpha value is -2.64. The number of fused-ring (bicyclic) bond motifs is 2. The van der Waals surface area contributed by atoms with Gasteiger partial charge in [-0.15, -0.1) is 0 Å². The van der Waals surface area contributed by atoms with Crippen LogP contribution >= 0.6 is 0 Å². The second kappa shape index (κ2) is 4.68.